The molecule has 0 radical (unpaired) electrons. The van der Waals surface area contributed by atoms with Crippen molar-refractivity contribution >= 4 is 22.9 Å². The molecule has 0 spiro atoms. The van der Waals surface area contributed by atoms with Gasteiger partial charge in [0.15, 0.2) is 0 Å². The summed E-state index contributed by atoms with van der Waals surface area (Å²) < 4.78 is 21.7. The van der Waals surface area contributed by atoms with Crippen molar-refractivity contribution in [3.63, 3.8) is 0 Å². The first-order chi connectivity index (χ1) is 17.5. The number of likely N-dealkylation sites (N-methyl/N-ethyl adjacent to an activating group) is 1. The molecule has 4 rings (SSSR count). The summed E-state index contributed by atoms with van der Waals surface area (Å²) in [6, 6.07) is 10.6. The summed E-state index contributed by atoms with van der Waals surface area (Å²) in [4.78, 5) is 56.1. The van der Waals surface area contributed by atoms with E-state index in [-0.39, 0.29) is 18.2 Å². The maximum Gasteiger partial charge on any atom is 0.410 e. The van der Waals surface area contributed by atoms with Crippen LogP contribution in [-0.2, 0) is 11.3 Å². The van der Waals surface area contributed by atoms with Gasteiger partial charge in [0.2, 0.25) is 0 Å². The first-order valence-corrected chi connectivity index (χ1v) is 12.3. The Labute approximate surface area is 213 Å². The van der Waals surface area contributed by atoms with Crippen LogP contribution in [0.15, 0.2) is 52.1 Å². The lowest BCUT2D eigenvalue weighted by Crippen LogP contribution is -2.43. The average Bonchev–Trinajstić information content (AvgIpc) is 3.32. The number of likely N-dealkylation sites (tertiary alicyclic amines) is 1. The Bertz CT molecular complexity index is 1460. The number of amides is 2. The van der Waals surface area contributed by atoms with Gasteiger partial charge in [-0.1, -0.05) is 18.2 Å². The molecule has 1 unspecified atom stereocenters. The third-order valence-corrected chi connectivity index (χ3v) is 6.36. The van der Waals surface area contributed by atoms with Gasteiger partial charge in [0.05, 0.1) is 29.1 Å². The van der Waals surface area contributed by atoms with Gasteiger partial charge in [-0.3, -0.25) is 19.1 Å². The highest BCUT2D eigenvalue weighted by Gasteiger charge is 2.35. The van der Waals surface area contributed by atoms with Crippen molar-refractivity contribution in [2.24, 2.45) is 0 Å². The van der Waals surface area contributed by atoms with Crippen LogP contribution in [0.3, 0.4) is 0 Å². The number of nitrogens with zero attached hydrogens (tertiary/aromatic N) is 3. The summed E-state index contributed by atoms with van der Waals surface area (Å²) in [7, 11) is 0. The van der Waals surface area contributed by atoms with Gasteiger partial charge in [-0.2, -0.15) is 0 Å². The Morgan fingerprint density at radius 3 is 2.59 bits per heavy atom. The molecule has 1 N–H and O–H groups in total. The maximum atomic E-state index is 14.9. The molecular formula is C27H31FN4O5. The number of carbonyl (C=O) groups is 2. The van der Waals surface area contributed by atoms with Gasteiger partial charge in [0.25, 0.3) is 11.5 Å². The summed E-state index contributed by atoms with van der Waals surface area (Å²) >= 11 is 0. The van der Waals surface area contributed by atoms with Crippen molar-refractivity contribution in [1.82, 2.24) is 19.4 Å². The summed E-state index contributed by atoms with van der Waals surface area (Å²) in [6.45, 7) is 8.29. The van der Waals surface area contributed by atoms with Crippen LogP contribution in [0, 0.1) is 5.82 Å². The third-order valence-electron chi connectivity index (χ3n) is 6.36. The zero-order chi connectivity index (χ0) is 26.9. The molecule has 2 amide bonds. The van der Waals surface area contributed by atoms with Crippen LogP contribution >= 0.6 is 0 Å². The summed E-state index contributed by atoms with van der Waals surface area (Å²) in [5.41, 5.74) is -0.847. The van der Waals surface area contributed by atoms with Crippen molar-refractivity contribution in [1.29, 1.82) is 0 Å². The Morgan fingerprint density at radius 2 is 1.89 bits per heavy atom. The zero-order valence-electron chi connectivity index (χ0n) is 21.4. The van der Waals surface area contributed by atoms with Crippen molar-refractivity contribution in [3.8, 4) is 0 Å². The molecule has 10 heteroatoms. The molecule has 0 aliphatic carbocycles. The first kappa shape index (κ1) is 26.1. The van der Waals surface area contributed by atoms with E-state index in [0.29, 0.717) is 42.5 Å². The van der Waals surface area contributed by atoms with Crippen LogP contribution in [0.25, 0.3) is 10.9 Å². The van der Waals surface area contributed by atoms with Gasteiger partial charge in [-0.05, 0) is 63.9 Å². The number of halogens is 1. The van der Waals surface area contributed by atoms with Gasteiger partial charge < -0.3 is 14.5 Å². The second-order valence-electron chi connectivity index (χ2n) is 10.1. The third kappa shape index (κ3) is 5.58. The lowest BCUT2D eigenvalue weighted by atomic mass is 10.1. The highest BCUT2D eigenvalue weighted by Crippen LogP contribution is 2.22. The zero-order valence-corrected chi connectivity index (χ0v) is 21.4. The minimum atomic E-state index is -0.673. The second kappa shape index (κ2) is 10.2. The molecule has 1 saturated heterocycles. The molecule has 1 aliphatic heterocycles. The molecule has 9 nitrogen and oxygen atoms in total. The van der Waals surface area contributed by atoms with E-state index in [1.54, 1.807) is 54.8 Å². The Kier molecular flexibility index (Phi) is 7.20. The van der Waals surface area contributed by atoms with Gasteiger partial charge in [0, 0.05) is 19.6 Å². The van der Waals surface area contributed by atoms with Gasteiger partial charge >= 0.3 is 11.8 Å². The molecule has 2 aromatic carbocycles. The molecule has 1 fully saturated rings. The summed E-state index contributed by atoms with van der Waals surface area (Å²) in [5, 5.41) is 0.355. The minimum absolute atomic E-state index is 0.0403. The number of hydrogen-bond acceptors (Lipinski definition) is 5. The van der Waals surface area contributed by atoms with Crippen molar-refractivity contribution < 1.29 is 18.7 Å². The number of ether oxygens (including phenoxy) is 1. The van der Waals surface area contributed by atoms with Crippen molar-refractivity contribution in [3.05, 3.63) is 80.2 Å². The molecular weight excluding hydrogens is 479 g/mol. The molecule has 3 aromatic rings. The molecule has 1 atom stereocenters. The van der Waals surface area contributed by atoms with Crippen LogP contribution in [0.4, 0.5) is 9.18 Å². The smallest absolute Gasteiger partial charge is 0.410 e. The largest absolute Gasteiger partial charge is 0.444 e. The second-order valence-corrected chi connectivity index (χ2v) is 10.1. The minimum Gasteiger partial charge on any atom is -0.444 e. The van der Waals surface area contributed by atoms with E-state index >= 15 is 0 Å². The lowest BCUT2D eigenvalue weighted by Gasteiger charge is -2.29. The van der Waals surface area contributed by atoms with Crippen LogP contribution < -0.4 is 11.2 Å². The van der Waals surface area contributed by atoms with Crippen molar-refractivity contribution in [2.45, 2.75) is 52.3 Å². The van der Waals surface area contributed by atoms with Crippen LogP contribution in [0.1, 0.15) is 50.0 Å². The molecule has 1 aliphatic rings. The molecule has 0 bridgehead atoms. The monoisotopic (exact) mass is 510 g/mol. The Balaban J connectivity index is 1.58. The number of benzene rings is 2. The van der Waals surface area contributed by atoms with E-state index in [1.165, 1.54) is 22.8 Å². The van der Waals surface area contributed by atoms with Crippen molar-refractivity contribution in [2.75, 3.05) is 19.6 Å². The maximum absolute atomic E-state index is 14.9. The van der Waals surface area contributed by atoms with Gasteiger partial charge in [0.1, 0.15) is 11.4 Å². The molecule has 1 aromatic heterocycles. The Morgan fingerprint density at radius 1 is 1.16 bits per heavy atom. The van der Waals surface area contributed by atoms with Crippen LogP contribution in [-0.4, -0.2) is 62.6 Å². The summed E-state index contributed by atoms with van der Waals surface area (Å²) in [5.74, 6) is -1.16. The van der Waals surface area contributed by atoms with E-state index in [1.807, 2.05) is 6.92 Å². The van der Waals surface area contributed by atoms with Gasteiger partial charge in [-0.25, -0.2) is 14.0 Å². The normalized spacial score (nSPS) is 15.7. The quantitative estimate of drug-likeness (QED) is 0.567. The fourth-order valence-corrected chi connectivity index (χ4v) is 4.63. The standard InChI is InChI=1S/C27H31FN4O5/c1-5-31(18-12-13-30(16-18)26(36)37-27(2,3)4)24(34)20-14-17(10-11-21(20)28)15-32-22-9-7-6-8-19(22)23(33)29-25(32)35/h6-11,14,18H,5,12-13,15-16H2,1-4H3,(H,29,33,35). The molecule has 0 saturated carbocycles. The van der Waals surface area contributed by atoms with E-state index < -0.39 is 34.7 Å². The number of aromatic nitrogens is 2. The molecule has 37 heavy (non-hydrogen) atoms. The number of nitrogens with one attached hydrogen (secondary N) is 1. The number of rotatable bonds is 5. The van der Waals surface area contributed by atoms with E-state index in [9.17, 15) is 23.6 Å². The number of carbonyl (C=O) groups excluding carboxylic acids is 2. The number of H-pyrrole nitrogens is 1. The highest BCUT2D eigenvalue weighted by molar-refractivity contribution is 5.95. The summed E-state index contributed by atoms with van der Waals surface area (Å²) in [6.07, 6.45) is 0.115. The SMILES string of the molecule is CCN(C(=O)c1cc(Cn2c(=O)[nH]c(=O)c3ccccc32)ccc1F)C1CCN(C(=O)OC(C)(C)C)C1. The molecule has 196 valence electrons. The number of para-hydroxylation sites is 1. The highest BCUT2D eigenvalue weighted by atomic mass is 19.1. The van der Waals surface area contributed by atoms with Gasteiger partial charge in [-0.15, -0.1) is 0 Å². The average molecular weight is 511 g/mol. The predicted octanol–water partition coefficient (Wildman–Crippen LogP) is 3.35. The van der Waals surface area contributed by atoms with E-state index in [2.05, 4.69) is 4.98 Å². The topological polar surface area (TPSA) is 105 Å². The predicted molar refractivity (Wildman–Crippen MR) is 137 cm³/mol. The fraction of sp³-hybridized carbons (Fsp3) is 0.407. The van der Waals surface area contributed by atoms with E-state index in [0.717, 1.165) is 0 Å². The number of fused-ring (bicyclic) bond motifs is 1. The van der Waals surface area contributed by atoms with Crippen LogP contribution in [0.5, 0.6) is 0 Å². The fourth-order valence-electron chi connectivity index (χ4n) is 4.63. The Hall–Kier alpha value is -3.95. The number of hydrogen-bond donors (Lipinski definition) is 1. The lowest BCUT2D eigenvalue weighted by molar-refractivity contribution is 0.0276. The first-order valence-electron chi connectivity index (χ1n) is 12.3. The number of aromatic amines is 1. The van der Waals surface area contributed by atoms with E-state index in [4.69, 9.17) is 4.74 Å². The molecule has 2 heterocycles. The van der Waals surface area contributed by atoms with Crippen LogP contribution in [0.2, 0.25) is 0 Å².